The first-order chi connectivity index (χ1) is 18.9. The number of carbonyl (C=O) groups is 4. The Hall–Kier alpha value is -4.01. The molecule has 0 bridgehead atoms. The Labute approximate surface area is 228 Å². The molecule has 1 N–H and O–H groups in total. The number of aldehydes is 1. The predicted octanol–water partition coefficient (Wildman–Crippen LogP) is 4.66. The Morgan fingerprint density at radius 1 is 1.10 bits per heavy atom. The van der Waals surface area contributed by atoms with Crippen LogP contribution >= 0.6 is 0 Å². The van der Waals surface area contributed by atoms with Crippen molar-refractivity contribution in [1.82, 2.24) is 14.5 Å². The third-order valence-electron chi connectivity index (χ3n) is 7.92. The fourth-order valence-electron chi connectivity index (χ4n) is 5.68. The first-order valence-corrected chi connectivity index (χ1v) is 13.8. The molecule has 3 amide bonds. The number of benzene rings is 2. The molecule has 9 heteroatoms. The third-order valence-corrected chi connectivity index (χ3v) is 7.92. The molecule has 3 aromatic rings. The zero-order valence-electron chi connectivity index (χ0n) is 22.4. The van der Waals surface area contributed by atoms with Gasteiger partial charge in [0.05, 0.1) is 11.0 Å². The molecule has 0 radical (unpaired) electrons. The lowest BCUT2D eigenvalue weighted by molar-refractivity contribution is -0.127. The van der Waals surface area contributed by atoms with Crippen LogP contribution in [0.5, 0.6) is 0 Å². The summed E-state index contributed by atoms with van der Waals surface area (Å²) in [5.41, 5.74) is 3.04. The third kappa shape index (κ3) is 6.02. The van der Waals surface area contributed by atoms with Crippen molar-refractivity contribution >= 4 is 46.7 Å². The van der Waals surface area contributed by atoms with E-state index in [1.54, 1.807) is 30.1 Å². The van der Waals surface area contributed by atoms with E-state index in [0.717, 1.165) is 37.0 Å². The second kappa shape index (κ2) is 11.8. The molecule has 39 heavy (non-hydrogen) atoms. The van der Waals surface area contributed by atoms with Gasteiger partial charge in [0.25, 0.3) is 5.91 Å². The lowest BCUT2D eigenvalue weighted by Crippen LogP contribution is -2.27. The van der Waals surface area contributed by atoms with Gasteiger partial charge in [0, 0.05) is 56.3 Å². The molecule has 2 aromatic carbocycles. The molecule has 2 fully saturated rings. The van der Waals surface area contributed by atoms with Gasteiger partial charge in [-0.3, -0.25) is 24.5 Å². The molecule has 1 saturated carbocycles. The van der Waals surface area contributed by atoms with Crippen LogP contribution < -0.4 is 10.2 Å². The molecule has 0 spiro atoms. The number of nitrogens with zero attached hydrogens (tertiary/aromatic N) is 4. The van der Waals surface area contributed by atoms with E-state index in [9.17, 15) is 19.2 Å². The van der Waals surface area contributed by atoms with Crippen LogP contribution in [-0.2, 0) is 16.1 Å². The van der Waals surface area contributed by atoms with E-state index < -0.39 is 0 Å². The molecule has 204 valence electrons. The van der Waals surface area contributed by atoms with Crippen molar-refractivity contribution in [2.75, 3.05) is 30.4 Å². The van der Waals surface area contributed by atoms with E-state index in [4.69, 9.17) is 4.98 Å². The number of rotatable bonds is 10. The maximum atomic E-state index is 13.1. The Kier molecular flexibility index (Phi) is 8.05. The molecule has 2 heterocycles. The molecular formula is C30H35N5O4. The van der Waals surface area contributed by atoms with E-state index in [-0.39, 0.29) is 17.7 Å². The minimum absolute atomic E-state index is 0.0968. The number of nitrogens with one attached hydrogen (secondary N) is 1. The van der Waals surface area contributed by atoms with Gasteiger partial charge < -0.3 is 14.4 Å². The minimum atomic E-state index is -0.367. The van der Waals surface area contributed by atoms with Gasteiger partial charge in [-0.1, -0.05) is 25.0 Å². The molecule has 5 rings (SSSR count). The second-order valence-corrected chi connectivity index (χ2v) is 10.6. The highest BCUT2D eigenvalue weighted by atomic mass is 16.2. The number of carbonyl (C=O) groups excluding carboxylic acids is 4. The van der Waals surface area contributed by atoms with Gasteiger partial charge in [-0.15, -0.1) is 0 Å². The fraction of sp³-hybridized carbons (Fsp3) is 0.433. The summed E-state index contributed by atoms with van der Waals surface area (Å²) in [5, 5.41) is 2.91. The van der Waals surface area contributed by atoms with Crippen LogP contribution in [0.2, 0.25) is 0 Å². The fourth-order valence-corrected chi connectivity index (χ4v) is 5.68. The summed E-state index contributed by atoms with van der Waals surface area (Å²) in [6.45, 7) is 1.98. The van der Waals surface area contributed by atoms with Crippen molar-refractivity contribution in [3.05, 3.63) is 53.6 Å². The maximum Gasteiger partial charge on any atom is 0.257 e. The van der Waals surface area contributed by atoms with Crippen molar-refractivity contribution < 1.29 is 19.2 Å². The molecular weight excluding hydrogens is 494 g/mol. The number of hydrogen-bond donors (Lipinski definition) is 1. The van der Waals surface area contributed by atoms with E-state index >= 15 is 0 Å². The van der Waals surface area contributed by atoms with Crippen LogP contribution in [0, 0.1) is 5.92 Å². The lowest BCUT2D eigenvalue weighted by atomic mass is 10.0. The molecule has 1 aliphatic carbocycles. The average molecular weight is 530 g/mol. The van der Waals surface area contributed by atoms with Crippen LogP contribution in [-0.4, -0.2) is 58.6 Å². The largest absolute Gasteiger partial charge is 0.343 e. The van der Waals surface area contributed by atoms with Crippen molar-refractivity contribution in [3.8, 4) is 0 Å². The van der Waals surface area contributed by atoms with Gasteiger partial charge >= 0.3 is 0 Å². The lowest BCUT2D eigenvalue weighted by Gasteiger charge is -2.19. The molecule has 0 atom stereocenters. The van der Waals surface area contributed by atoms with Crippen molar-refractivity contribution in [2.45, 2.75) is 57.9 Å². The average Bonchev–Trinajstić information content (AvgIpc) is 3.69. The Morgan fingerprint density at radius 3 is 2.67 bits per heavy atom. The Morgan fingerprint density at radius 2 is 1.92 bits per heavy atom. The van der Waals surface area contributed by atoms with E-state index in [0.29, 0.717) is 67.1 Å². The summed E-state index contributed by atoms with van der Waals surface area (Å²) in [5.74, 6) is 0.763. The number of anilines is 2. The first-order valence-electron chi connectivity index (χ1n) is 13.8. The highest BCUT2D eigenvalue weighted by Gasteiger charge is 2.23. The normalized spacial score (nSPS) is 15.7. The number of imidazole rings is 1. The molecule has 9 nitrogen and oxygen atoms in total. The number of aromatic nitrogens is 2. The SMILES string of the molecule is CN(C(=O)CC1CCCC1)c1ccc2c(c1)nc(NC(=O)c1cccc(C=O)c1)n2CCCN1CCCC1=O. The number of aryl methyl sites for hydroxylation is 1. The van der Waals surface area contributed by atoms with Crippen molar-refractivity contribution in [2.24, 2.45) is 5.92 Å². The van der Waals surface area contributed by atoms with E-state index in [1.165, 1.54) is 18.9 Å². The summed E-state index contributed by atoms with van der Waals surface area (Å²) >= 11 is 0. The minimum Gasteiger partial charge on any atom is -0.343 e. The quantitative estimate of drug-likeness (QED) is 0.385. The summed E-state index contributed by atoms with van der Waals surface area (Å²) in [6, 6.07) is 12.2. The van der Waals surface area contributed by atoms with Gasteiger partial charge in [0.15, 0.2) is 0 Å². The molecule has 1 aromatic heterocycles. The number of hydrogen-bond acceptors (Lipinski definition) is 5. The Bertz CT molecular complexity index is 1390. The molecule has 0 unspecified atom stereocenters. The maximum absolute atomic E-state index is 13.1. The van der Waals surface area contributed by atoms with E-state index in [1.807, 2.05) is 27.7 Å². The van der Waals surface area contributed by atoms with Crippen LogP contribution in [0.15, 0.2) is 42.5 Å². The topological polar surface area (TPSA) is 105 Å². The highest BCUT2D eigenvalue weighted by molar-refractivity contribution is 6.05. The van der Waals surface area contributed by atoms with Gasteiger partial charge in [-0.05, 0) is 61.9 Å². The Balaban J connectivity index is 1.39. The van der Waals surface area contributed by atoms with Crippen LogP contribution in [0.3, 0.4) is 0 Å². The standard InChI is InChI=1S/C30H35N5O4/c1-33(28(38)18-21-7-2-3-8-21)24-12-13-26-25(19-24)31-30(32-29(39)23-10-4-9-22(17-23)20-36)35(26)16-6-15-34-14-5-11-27(34)37/h4,9-10,12-13,17,19-21H,2-3,5-8,11,14-16,18H2,1H3,(H,31,32,39). The summed E-state index contributed by atoms with van der Waals surface area (Å²) in [7, 11) is 1.80. The zero-order valence-corrected chi connectivity index (χ0v) is 22.4. The highest BCUT2D eigenvalue weighted by Crippen LogP contribution is 2.30. The zero-order chi connectivity index (χ0) is 27.4. The van der Waals surface area contributed by atoms with Crippen LogP contribution in [0.1, 0.15) is 72.1 Å². The monoisotopic (exact) mass is 529 g/mol. The summed E-state index contributed by atoms with van der Waals surface area (Å²) in [6.07, 6.45) is 8.10. The van der Waals surface area contributed by atoms with Gasteiger partial charge in [-0.2, -0.15) is 0 Å². The summed E-state index contributed by atoms with van der Waals surface area (Å²) < 4.78 is 1.95. The van der Waals surface area contributed by atoms with Gasteiger partial charge in [-0.25, -0.2) is 4.98 Å². The number of fused-ring (bicyclic) bond motifs is 1. The number of likely N-dealkylation sites (tertiary alicyclic amines) is 1. The van der Waals surface area contributed by atoms with Crippen LogP contribution in [0.4, 0.5) is 11.6 Å². The number of amides is 3. The molecule has 1 aliphatic heterocycles. The van der Waals surface area contributed by atoms with Gasteiger partial charge in [0.1, 0.15) is 6.29 Å². The predicted molar refractivity (Wildman–Crippen MR) is 150 cm³/mol. The molecule has 2 aliphatic rings. The van der Waals surface area contributed by atoms with Gasteiger partial charge in [0.2, 0.25) is 17.8 Å². The van der Waals surface area contributed by atoms with Crippen molar-refractivity contribution in [1.29, 1.82) is 0 Å². The smallest absolute Gasteiger partial charge is 0.257 e. The van der Waals surface area contributed by atoms with Crippen LogP contribution in [0.25, 0.3) is 11.0 Å². The second-order valence-electron chi connectivity index (χ2n) is 10.6. The molecule has 1 saturated heterocycles. The first kappa shape index (κ1) is 26.6. The van der Waals surface area contributed by atoms with E-state index in [2.05, 4.69) is 5.32 Å². The summed E-state index contributed by atoms with van der Waals surface area (Å²) in [4.78, 5) is 57.6. The van der Waals surface area contributed by atoms with Crippen molar-refractivity contribution in [3.63, 3.8) is 0 Å².